The van der Waals surface area contributed by atoms with E-state index in [4.69, 9.17) is 17.0 Å². The Morgan fingerprint density at radius 3 is 3.00 bits per heavy atom. The van der Waals surface area contributed by atoms with Gasteiger partial charge in [0.2, 0.25) is 5.91 Å². The number of nitrogens with one attached hydrogen (secondary N) is 2. The highest BCUT2D eigenvalue weighted by molar-refractivity contribution is 7.71. The lowest BCUT2D eigenvalue weighted by Crippen LogP contribution is -2.39. The number of aromatic amines is 1. The first-order chi connectivity index (χ1) is 11.0. The van der Waals surface area contributed by atoms with Crippen molar-refractivity contribution in [3.05, 3.63) is 22.3 Å². The average molecular weight is 354 g/mol. The lowest BCUT2D eigenvalue weighted by atomic mass is 10.3. The third kappa shape index (κ3) is 4.49. The van der Waals surface area contributed by atoms with E-state index in [1.54, 1.807) is 29.8 Å². The molecule has 0 saturated heterocycles. The van der Waals surface area contributed by atoms with Crippen LogP contribution in [0.1, 0.15) is 20.3 Å². The fraction of sp³-hybridized carbons (Fsp3) is 0.429. The number of hydrogen-bond acceptors (Lipinski definition) is 6. The third-order valence-corrected chi connectivity index (χ3v) is 4.26. The van der Waals surface area contributed by atoms with Crippen LogP contribution in [0, 0.1) is 4.77 Å². The summed E-state index contributed by atoms with van der Waals surface area (Å²) in [6.45, 7) is 3.98. The predicted octanol–water partition coefficient (Wildman–Crippen LogP) is 2.13. The van der Waals surface area contributed by atoms with Gasteiger partial charge in [-0.1, -0.05) is 6.07 Å². The second kappa shape index (κ2) is 8.02. The van der Waals surface area contributed by atoms with Gasteiger partial charge in [0.25, 0.3) is 0 Å². The van der Waals surface area contributed by atoms with Gasteiger partial charge >= 0.3 is 5.97 Å². The molecule has 0 aliphatic carbocycles. The fourth-order valence-electron chi connectivity index (χ4n) is 1.97. The molecule has 0 aromatic carbocycles. The van der Waals surface area contributed by atoms with Crippen molar-refractivity contribution in [3.8, 4) is 10.7 Å². The smallest absolute Gasteiger partial charge is 0.328 e. The molecule has 9 heteroatoms. The standard InChI is InChI=1S/C14H18N4O3S2/c1-3-21-13(20)9(2)15-11(19)6-7-18-12(16-17-14(18)22)10-5-4-8-23-10/h4-5,8-9H,3,6-7H2,1-2H3,(H,15,19)(H,17,22). The summed E-state index contributed by atoms with van der Waals surface area (Å²) >= 11 is 6.75. The van der Waals surface area contributed by atoms with Gasteiger partial charge in [0.15, 0.2) is 10.6 Å². The molecule has 7 nitrogen and oxygen atoms in total. The summed E-state index contributed by atoms with van der Waals surface area (Å²) < 4.78 is 7.08. The molecule has 0 radical (unpaired) electrons. The SMILES string of the molecule is CCOC(=O)C(C)NC(=O)CCn1c(-c2cccs2)n[nH]c1=S. The van der Waals surface area contributed by atoms with Crippen LogP contribution in [0.3, 0.4) is 0 Å². The maximum atomic E-state index is 12.0. The van der Waals surface area contributed by atoms with Gasteiger partial charge in [-0.05, 0) is 37.5 Å². The third-order valence-electron chi connectivity index (χ3n) is 3.08. The van der Waals surface area contributed by atoms with Gasteiger partial charge in [0.1, 0.15) is 6.04 Å². The zero-order chi connectivity index (χ0) is 16.8. The topological polar surface area (TPSA) is 89.0 Å². The zero-order valence-corrected chi connectivity index (χ0v) is 14.5. The average Bonchev–Trinajstić information content (AvgIpc) is 3.14. The number of carbonyl (C=O) groups excluding carboxylic acids is 2. The minimum Gasteiger partial charge on any atom is -0.464 e. The van der Waals surface area contributed by atoms with Gasteiger partial charge in [0.05, 0.1) is 11.5 Å². The van der Waals surface area contributed by atoms with Gasteiger partial charge in [-0.25, -0.2) is 4.79 Å². The largest absolute Gasteiger partial charge is 0.464 e. The number of H-pyrrole nitrogens is 1. The number of hydrogen-bond donors (Lipinski definition) is 2. The van der Waals surface area contributed by atoms with Gasteiger partial charge in [-0.2, -0.15) is 5.10 Å². The van der Waals surface area contributed by atoms with Gasteiger partial charge < -0.3 is 10.1 Å². The number of thiophene rings is 1. The van der Waals surface area contributed by atoms with E-state index in [9.17, 15) is 9.59 Å². The van der Waals surface area contributed by atoms with Crippen LogP contribution in [0.25, 0.3) is 10.7 Å². The second-order valence-corrected chi connectivity index (χ2v) is 6.11. The normalized spacial score (nSPS) is 11.9. The van der Waals surface area contributed by atoms with Crippen molar-refractivity contribution < 1.29 is 14.3 Å². The highest BCUT2D eigenvalue weighted by atomic mass is 32.1. The van der Waals surface area contributed by atoms with Crippen LogP contribution < -0.4 is 5.32 Å². The molecule has 1 amide bonds. The van der Waals surface area contributed by atoms with Crippen molar-refractivity contribution in [2.45, 2.75) is 32.9 Å². The van der Waals surface area contributed by atoms with E-state index in [-0.39, 0.29) is 18.9 Å². The molecule has 124 valence electrons. The molecule has 2 rings (SSSR count). The van der Waals surface area contributed by atoms with E-state index in [1.807, 2.05) is 17.5 Å². The first-order valence-corrected chi connectivity index (χ1v) is 8.46. The van der Waals surface area contributed by atoms with Crippen molar-refractivity contribution in [1.29, 1.82) is 0 Å². The Morgan fingerprint density at radius 2 is 2.35 bits per heavy atom. The van der Waals surface area contributed by atoms with E-state index in [2.05, 4.69) is 15.5 Å². The number of esters is 1. The Bertz CT molecular complexity index is 721. The summed E-state index contributed by atoms with van der Waals surface area (Å²) in [6, 6.07) is 3.20. The van der Waals surface area contributed by atoms with E-state index in [0.717, 1.165) is 4.88 Å². The van der Waals surface area contributed by atoms with Crippen LogP contribution in [0.5, 0.6) is 0 Å². The molecule has 1 unspecified atom stereocenters. The summed E-state index contributed by atoms with van der Waals surface area (Å²) in [5, 5.41) is 11.5. The van der Waals surface area contributed by atoms with Gasteiger partial charge in [-0.3, -0.25) is 14.5 Å². The lowest BCUT2D eigenvalue weighted by Gasteiger charge is -2.13. The van der Waals surface area contributed by atoms with Crippen LogP contribution in [0.2, 0.25) is 0 Å². The molecule has 0 aliphatic heterocycles. The van der Waals surface area contributed by atoms with Gasteiger partial charge in [0, 0.05) is 13.0 Å². The summed E-state index contributed by atoms with van der Waals surface area (Å²) in [7, 11) is 0. The molecular weight excluding hydrogens is 336 g/mol. The highest BCUT2D eigenvalue weighted by Gasteiger charge is 2.17. The van der Waals surface area contributed by atoms with E-state index < -0.39 is 12.0 Å². The molecule has 0 bridgehead atoms. The Balaban J connectivity index is 1.96. The minimum absolute atomic E-state index is 0.190. The quantitative estimate of drug-likeness (QED) is 0.587. The first-order valence-electron chi connectivity index (χ1n) is 7.18. The molecular formula is C14H18N4O3S2. The number of nitrogens with zero attached hydrogens (tertiary/aromatic N) is 2. The Labute approximate surface area is 142 Å². The summed E-state index contributed by atoms with van der Waals surface area (Å²) in [5.41, 5.74) is 0. The molecule has 0 aliphatic rings. The Hall–Kier alpha value is -2.00. The number of ether oxygens (including phenoxy) is 1. The van der Waals surface area contributed by atoms with E-state index in [0.29, 0.717) is 17.1 Å². The van der Waals surface area contributed by atoms with Crippen molar-refractivity contribution in [2.75, 3.05) is 6.61 Å². The molecule has 0 spiro atoms. The summed E-state index contributed by atoms with van der Waals surface area (Å²) in [5.74, 6) is 0.0158. The fourth-order valence-corrected chi connectivity index (χ4v) is 2.92. The maximum Gasteiger partial charge on any atom is 0.328 e. The molecule has 2 N–H and O–H groups in total. The zero-order valence-electron chi connectivity index (χ0n) is 12.9. The van der Waals surface area contributed by atoms with Crippen molar-refractivity contribution >= 4 is 35.4 Å². The minimum atomic E-state index is -0.670. The number of rotatable bonds is 7. The van der Waals surface area contributed by atoms with Gasteiger partial charge in [-0.15, -0.1) is 11.3 Å². The molecule has 0 saturated carbocycles. The van der Waals surface area contributed by atoms with Crippen LogP contribution in [-0.4, -0.2) is 39.3 Å². The highest BCUT2D eigenvalue weighted by Crippen LogP contribution is 2.22. The summed E-state index contributed by atoms with van der Waals surface area (Å²) in [6.07, 6.45) is 0.190. The molecule has 2 aromatic rings. The number of aromatic nitrogens is 3. The first kappa shape index (κ1) is 17.4. The molecule has 23 heavy (non-hydrogen) atoms. The van der Waals surface area contributed by atoms with Crippen molar-refractivity contribution in [1.82, 2.24) is 20.1 Å². The second-order valence-electron chi connectivity index (χ2n) is 4.77. The molecule has 1 atom stereocenters. The molecule has 2 aromatic heterocycles. The van der Waals surface area contributed by atoms with E-state index in [1.165, 1.54) is 0 Å². The lowest BCUT2D eigenvalue weighted by molar-refractivity contribution is -0.146. The Kier molecular flexibility index (Phi) is 6.05. The number of amides is 1. The maximum absolute atomic E-state index is 12.0. The number of carbonyl (C=O) groups is 2. The molecule has 0 fully saturated rings. The van der Waals surface area contributed by atoms with Crippen molar-refractivity contribution in [2.24, 2.45) is 0 Å². The van der Waals surface area contributed by atoms with Crippen LogP contribution >= 0.6 is 23.6 Å². The Morgan fingerprint density at radius 1 is 1.57 bits per heavy atom. The van der Waals surface area contributed by atoms with E-state index >= 15 is 0 Å². The van der Waals surface area contributed by atoms with Crippen molar-refractivity contribution in [3.63, 3.8) is 0 Å². The monoisotopic (exact) mass is 354 g/mol. The van der Waals surface area contributed by atoms with Crippen LogP contribution in [-0.2, 0) is 20.9 Å². The summed E-state index contributed by atoms with van der Waals surface area (Å²) in [4.78, 5) is 24.4. The predicted molar refractivity (Wildman–Crippen MR) is 89.6 cm³/mol. The molecule has 2 heterocycles. The van der Waals surface area contributed by atoms with Crippen LogP contribution in [0.15, 0.2) is 17.5 Å². The van der Waals surface area contributed by atoms with Crippen LogP contribution in [0.4, 0.5) is 0 Å².